The molecule has 0 saturated heterocycles. The lowest BCUT2D eigenvalue weighted by atomic mass is 9.98. The number of nitriles is 1. The van der Waals surface area contributed by atoms with Gasteiger partial charge in [0.1, 0.15) is 29.7 Å². The van der Waals surface area contributed by atoms with Gasteiger partial charge in [0.15, 0.2) is 0 Å². The minimum atomic E-state index is 0.267. The molecule has 0 aliphatic heterocycles. The monoisotopic (exact) mass is 454 g/mol. The van der Waals surface area contributed by atoms with Crippen LogP contribution in [0.3, 0.4) is 0 Å². The Kier molecular flexibility index (Phi) is 6.50. The van der Waals surface area contributed by atoms with Crippen LogP contribution in [0, 0.1) is 11.3 Å². The zero-order valence-corrected chi connectivity index (χ0v) is 19.0. The Morgan fingerprint density at radius 3 is 2.03 bits per heavy atom. The fourth-order valence-corrected chi connectivity index (χ4v) is 3.87. The summed E-state index contributed by atoms with van der Waals surface area (Å²) in [6, 6.07) is 39.5. The van der Waals surface area contributed by atoms with Crippen LogP contribution in [0.25, 0.3) is 22.5 Å². The first-order valence-corrected chi connectivity index (χ1v) is 11.3. The molecule has 0 atom stereocenters. The SMILES string of the molecule is N#Cc1c(N=Cc2ccccc2OCc2ccccc2)oc(-c2ccccc2)c1-c1ccccc1. The summed E-state index contributed by atoms with van der Waals surface area (Å²) in [5.74, 6) is 1.59. The van der Waals surface area contributed by atoms with Crippen molar-refractivity contribution in [1.82, 2.24) is 0 Å². The standard InChI is InChI=1S/C31H22N2O2/c32-20-27-29(24-14-6-2-7-15-24)30(25-16-8-3-9-17-25)35-31(27)33-21-26-18-10-11-19-28(26)34-22-23-12-4-1-5-13-23/h1-19,21H,22H2. The van der Waals surface area contributed by atoms with Crippen molar-refractivity contribution in [2.24, 2.45) is 4.99 Å². The highest BCUT2D eigenvalue weighted by molar-refractivity contribution is 5.90. The molecule has 168 valence electrons. The summed E-state index contributed by atoms with van der Waals surface area (Å²) in [6.07, 6.45) is 1.68. The summed E-state index contributed by atoms with van der Waals surface area (Å²) in [5.41, 5.74) is 4.80. The molecule has 0 fully saturated rings. The Morgan fingerprint density at radius 2 is 1.34 bits per heavy atom. The fraction of sp³-hybridized carbons (Fsp3) is 0.0323. The molecular formula is C31H22N2O2. The normalized spacial score (nSPS) is 10.8. The molecule has 0 saturated carbocycles. The summed E-state index contributed by atoms with van der Waals surface area (Å²) in [5, 5.41) is 10.1. The Morgan fingerprint density at radius 1 is 0.743 bits per heavy atom. The maximum atomic E-state index is 10.1. The highest BCUT2D eigenvalue weighted by Crippen LogP contribution is 2.42. The lowest BCUT2D eigenvalue weighted by Gasteiger charge is -2.08. The molecule has 0 radical (unpaired) electrons. The number of aliphatic imine (C=N–C) groups is 1. The van der Waals surface area contributed by atoms with E-state index in [9.17, 15) is 5.26 Å². The first-order chi connectivity index (χ1) is 17.3. The molecule has 5 aromatic rings. The second kappa shape index (κ2) is 10.4. The number of nitrogens with zero attached hydrogens (tertiary/aromatic N) is 2. The molecule has 1 heterocycles. The van der Waals surface area contributed by atoms with Gasteiger partial charge in [-0.3, -0.25) is 0 Å². The largest absolute Gasteiger partial charge is 0.488 e. The minimum Gasteiger partial charge on any atom is -0.488 e. The van der Waals surface area contributed by atoms with E-state index in [2.05, 4.69) is 11.1 Å². The van der Waals surface area contributed by atoms with E-state index < -0.39 is 0 Å². The maximum absolute atomic E-state index is 10.1. The molecule has 0 aliphatic rings. The van der Waals surface area contributed by atoms with Crippen LogP contribution in [0.15, 0.2) is 125 Å². The molecule has 0 aliphatic carbocycles. The van der Waals surface area contributed by atoms with E-state index >= 15 is 0 Å². The zero-order chi connectivity index (χ0) is 23.9. The fourth-order valence-electron chi connectivity index (χ4n) is 3.87. The number of hydrogen-bond acceptors (Lipinski definition) is 4. The smallest absolute Gasteiger partial charge is 0.238 e. The molecular weight excluding hydrogens is 432 g/mol. The number of furan rings is 1. The molecule has 1 aromatic heterocycles. The van der Waals surface area contributed by atoms with E-state index in [-0.39, 0.29) is 5.88 Å². The lowest BCUT2D eigenvalue weighted by molar-refractivity contribution is 0.306. The molecule has 0 N–H and O–H groups in total. The summed E-state index contributed by atoms with van der Waals surface area (Å²) in [7, 11) is 0. The van der Waals surface area contributed by atoms with Gasteiger partial charge in [0, 0.05) is 22.9 Å². The van der Waals surface area contributed by atoms with Crippen LogP contribution in [-0.4, -0.2) is 6.21 Å². The molecule has 4 nitrogen and oxygen atoms in total. The summed E-state index contributed by atoms with van der Waals surface area (Å²) in [6.45, 7) is 0.451. The van der Waals surface area contributed by atoms with Gasteiger partial charge in [-0.05, 0) is 23.3 Å². The van der Waals surface area contributed by atoms with E-state index in [0.29, 0.717) is 23.7 Å². The van der Waals surface area contributed by atoms with Crippen molar-refractivity contribution in [3.63, 3.8) is 0 Å². The van der Waals surface area contributed by atoms with Crippen LogP contribution in [0.1, 0.15) is 16.7 Å². The summed E-state index contributed by atoms with van der Waals surface area (Å²) >= 11 is 0. The molecule has 0 unspecified atom stereocenters. The lowest BCUT2D eigenvalue weighted by Crippen LogP contribution is -1.98. The van der Waals surface area contributed by atoms with Crippen molar-refractivity contribution >= 4 is 12.1 Å². The average molecular weight is 455 g/mol. The third-order valence-corrected chi connectivity index (χ3v) is 5.58. The van der Waals surface area contributed by atoms with Crippen LogP contribution in [0.5, 0.6) is 5.75 Å². The maximum Gasteiger partial charge on any atom is 0.238 e. The van der Waals surface area contributed by atoms with Crippen molar-refractivity contribution in [3.05, 3.63) is 132 Å². The van der Waals surface area contributed by atoms with E-state index in [4.69, 9.17) is 9.15 Å². The van der Waals surface area contributed by atoms with Gasteiger partial charge in [0.2, 0.25) is 5.88 Å². The summed E-state index contributed by atoms with van der Waals surface area (Å²) < 4.78 is 12.3. The van der Waals surface area contributed by atoms with Gasteiger partial charge in [-0.1, -0.05) is 103 Å². The molecule has 0 bridgehead atoms. The van der Waals surface area contributed by atoms with Crippen LogP contribution >= 0.6 is 0 Å². The Balaban J connectivity index is 1.53. The van der Waals surface area contributed by atoms with Gasteiger partial charge in [-0.25, -0.2) is 4.99 Å². The van der Waals surface area contributed by atoms with Crippen LogP contribution in [0.2, 0.25) is 0 Å². The predicted octanol–water partition coefficient (Wildman–Crippen LogP) is 7.81. The van der Waals surface area contributed by atoms with Crippen LogP contribution < -0.4 is 4.74 Å². The first-order valence-electron chi connectivity index (χ1n) is 11.3. The Hall–Kier alpha value is -4.88. The first kappa shape index (κ1) is 21.9. The number of hydrogen-bond donors (Lipinski definition) is 0. The second-order valence-corrected chi connectivity index (χ2v) is 7.90. The second-order valence-electron chi connectivity index (χ2n) is 7.90. The van der Waals surface area contributed by atoms with E-state index in [0.717, 1.165) is 27.8 Å². The molecule has 5 rings (SSSR count). The van der Waals surface area contributed by atoms with E-state index in [1.54, 1.807) is 6.21 Å². The van der Waals surface area contributed by atoms with Crippen molar-refractivity contribution in [1.29, 1.82) is 5.26 Å². The van der Waals surface area contributed by atoms with Crippen molar-refractivity contribution in [2.75, 3.05) is 0 Å². The molecule has 0 spiro atoms. The van der Waals surface area contributed by atoms with Gasteiger partial charge in [0.05, 0.1) is 0 Å². The van der Waals surface area contributed by atoms with Crippen LogP contribution in [-0.2, 0) is 6.61 Å². The number of para-hydroxylation sites is 1. The molecule has 4 heteroatoms. The number of ether oxygens (including phenoxy) is 1. The average Bonchev–Trinajstić information content (AvgIpc) is 3.31. The number of rotatable bonds is 7. The van der Waals surface area contributed by atoms with Crippen LogP contribution in [0.4, 0.5) is 5.88 Å². The quantitative estimate of drug-likeness (QED) is 0.236. The Labute approximate surface area is 204 Å². The topological polar surface area (TPSA) is 58.5 Å². The zero-order valence-electron chi connectivity index (χ0n) is 19.0. The summed E-state index contributed by atoms with van der Waals surface area (Å²) in [4.78, 5) is 4.60. The molecule has 35 heavy (non-hydrogen) atoms. The molecule has 0 amide bonds. The highest BCUT2D eigenvalue weighted by Gasteiger charge is 2.22. The van der Waals surface area contributed by atoms with Gasteiger partial charge in [-0.15, -0.1) is 0 Å². The predicted molar refractivity (Wildman–Crippen MR) is 139 cm³/mol. The van der Waals surface area contributed by atoms with Crippen molar-refractivity contribution in [3.8, 4) is 34.3 Å². The van der Waals surface area contributed by atoms with Crippen molar-refractivity contribution in [2.45, 2.75) is 6.61 Å². The van der Waals surface area contributed by atoms with E-state index in [1.807, 2.05) is 115 Å². The third kappa shape index (κ3) is 4.90. The van der Waals surface area contributed by atoms with Gasteiger partial charge in [-0.2, -0.15) is 5.26 Å². The third-order valence-electron chi connectivity index (χ3n) is 5.58. The number of benzene rings is 4. The molecule has 4 aromatic carbocycles. The minimum absolute atomic E-state index is 0.267. The highest BCUT2D eigenvalue weighted by atomic mass is 16.5. The van der Waals surface area contributed by atoms with Gasteiger partial charge >= 0.3 is 0 Å². The van der Waals surface area contributed by atoms with E-state index in [1.165, 1.54) is 0 Å². The van der Waals surface area contributed by atoms with Crippen molar-refractivity contribution < 1.29 is 9.15 Å². The van der Waals surface area contributed by atoms with Gasteiger partial charge in [0.25, 0.3) is 0 Å². The Bertz CT molecular complexity index is 1480. The van der Waals surface area contributed by atoms with Gasteiger partial charge < -0.3 is 9.15 Å².